The summed E-state index contributed by atoms with van der Waals surface area (Å²) < 4.78 is 0. The van der Waals surface area contributed by atoms with Crippen LogP contribution in [0.2, 0.25) is 0 Å². The Kier molecular flexibility index (Phi) is 5.93. The maximum absolute atomic E-state index is 3.76. The molecule has 34 valence electrons. The quantitative estimate of drug-likeness (QED) is 0.641. The molecule has 0 heterocycles. The van der Waals surface area contributed by atoms with Gasteiger partial charge >= 0.3 is 0 Å². The second-order valence-corrected chi connectivity index (χ2v) is 1.51. The number of rotatable bonds is 1. The summed E-state index contributed by atoms with van der Waals surface area (Å²) in [5.74, 6) is 0.634. The van der Waals surface area contributed by atoms with Crippen LogP contribution in [-0.2, 0) is 0 Å². The fourth-order valence-electron chi connectivity index (χ4n) is 0. The minimum absolute atomic E-state index is 0. The molecule has 0 aliphatic carbocycles. The molecule has 0 bridgehead atoms. The van der Waals surface area contributed by atoms with E-state index in [0.717, 1.165) is 0 Å². The van der Waals surface area contributed by atoms with Gasteiger partial charge in [-0.15, -0.1) is 0 Å². The van der Waals surface area contributed by atoms with Gasteiger partial charge in [-0.2, -0.15) is 5.92 Å². The van der Waals surface area contributed by atoms with E-state index < -0.39 is 0 Å². The Morgan fingerprint density at radius 1 is 1.67 bits per heavy atom. The van der Waals surface area contributed by atoms with Gasteiger partial charge in [-0.05, 0) is 0 Å². The molecule has 0 aromatic carbocycles. The first kappa shape index (κ1) is 8.89. The average Bonchev–Trinajstić information content (AvgIpc) is 1.38. The summed E-state index contributed by atoms with van der Waals surface area (Å²) in [6.45, 7) is 8.00. The van der Waals surface area contributed by atoms with Crippen molar-refractivity contribution in [3.63, 3.8) is 0 Å². The smallest absolute Gasteiger partial charge is 0 e. The van der Waals surface area contributed by atoms with Crippen LogP contribution in [0.25, 0.3) is 0 Å². The summed E-state index contributed by atoms with van der Waals surface area (Å²) in [6.07, 6.45) is 1.19. The third kappa shape index (κ3) is 12.0. The van der Waals surface area contributed by atoms with Crippen molar-refractivity contribution in [1.82, 2.24) is 0 Å². The molecule has 0 fully saturated rings. The molecule has 1 heteroatoms. The van der Waals surface area contributed by atoms with Crippen LogP contribution in [0.3, 0.4) is 0 Å². The largest absolute Gasteiger partial charge is 0.341 e. The Hall–Kier alpha value is -1.00. The molecule has 0 nitrogen and oxygen atoms in total. The van der Waals surface area contributed by atoms with Crippen LogP contribution in [0.4, 0.5) is 0 Å². The summed E-state index contributed by atoms with van der Waals surface area (Å²) in [4.78, 5) is 0. The van der Waals surface area contributed by atoms with Crippen molar-refractivity contribution in [2.45, 2.75) is 20.3 Å². The average molecular weight is 338 g/mol. The molecule has 0 aromatic heterocycles. The van der Waals surface area contributed by atoms with Crippen LogP contribution in [0.1, 0.15) is 20.3 Å². The molecule has 0 aliphatic heterocycles. The Bertz CT molecular complexity index is 17.9. The van der Waals surface area contributed by atoms with Crippen molar-refractivity contribution in [3.8, 4) is 0 Å². The normalized spacial score (nSPS) is 12.5. The predicted octanol–water partition coefficient (Wildman–Crippen LogP) is 1.87. The molecule has 0 aliphatic rings. The van der Waals surface area contributed by atoms with Crippen LogP contribution in [0.5, 0.6) is 0 Å². The Morgan fingerprint density at radius 3 is 1.83 bits per heavy atom. The first-order chi connectivity index (χ1) is 2.27. The molecule has 0 amide bonds. The third-order valence-electron chi connectivity index (χ3n) is 0.697. The van der Waals surface area contributed by atoms with Crippen molar-refractivity contribution >= 4 is 0 Å². The van der Waals surface area contributed by atoms with Crippen molar-refractivity contribution < 1.29 is 0 Å². The minimum atomic E-state index is 0. The van der Waals surface area contributed by atoms with Gasteiger partial charge in [0.25, 0.3) is 0 Å². The SMILES string of the molecule is [CH2-]C(C)CC.[Rf]. The fourth-order valence-corrected chi connectivity index (χ4v) is 0. The van der Waals surface area contributed by atoms with E-state index in [1.807, 2.05) is 0 Å². The van der Waals surface area contributed by atoms with Gasteiger partial charge in [0.15, 0.2) is 0 Å². The molecule has 0 saturated heterocycles. The van der Waals surface area contributed by atoms with E-state index in [1.54, 1.807) is 0 Å². The summed E-state index contributed by atoms with van der Waals surface area (Å²) in [6, 6.07) is 0. The molecule has 0 rings (SSSR count). The number of hydrogen-bond acceptors (Lipinski definition) is 0. The monoisotopic (exact) mass is 338 g/mol. The first-order valence-corrected chi connectivity index (χ1v) is 2.10. The van der Waals surface area contributed by atoms with Crippen LogP contribution in [0.15, 0.2) is 0 Å². The first-order valence-electron chi connectivity index (χ1n) is 2.10. The molecule has 0 spiro atoms. The molecule has 1 unspecified atom stereocenters. The molecule has 0 aromatic rings. The Morgan fingerprint density at radius 2 is 1.83 bits per heavy atom. The molecule has 0 radical (unpaired) electrons. The Labute approximate surface area is 34.2 Å². The van der Waals surface area contributed by atoms with E-state index >= 15 is 0 Å². The van der Waals surface area contributed by atoms with E-state index in [9.17, 15) is 0 Å². The molecule has 1 atom stereocenters. The van der Waals surface area contributed by atoms with Crippen molar-refractivity contribution in [2.75, 3.05) is 0 Å². The molecular formula is C5H11Rf-. The van der Waals surface area contributed by atoms with E-state index in [1.165, 1.54) is 6.42 Å². The predicted molar refractivity (Wildman–Crippen MR) is 24.8 cm³/mol. The molecule has 0 saturated carbocycles. The third-order valence-corrected chi connectivity index (χ3v) is 0.697. The minimum Gasteiger partial charge on any atom is -0.341 e. The van der Waals surface area contributed by atoms with Crippen molar-refractivity contribution in [3.05, 3.63) is 6.92 Å². The molecule has 6 heavy (non-hydrogen) atoms. The van der Waals surface area contributed by atoms with Gasteiger partial charge in [-0.25, -0.2) is 0 Å². The summed E-state index contributed by atoms with van der Waals surface area (Å²) >= 11 is 0. The number of hydrogen-bond donors (Lipinski definition) is 0. The fraction of sp³-hybridized carbons (Fsp3) is 0.800. The van der Waals surface area contributed by atoms with E-state index in [0.29, 0.717) is 5.92 Å². The van der Waals surface area contributed by atoms with Gasteiger partial charge in [-0.3, -0.25) is 0 Å². The summed E-state index contributed by atoms with van der Waals surface area (Å²) in [7, 11) is 0. The summed E-state index contributed by atoms with van der Waals surface area (Å²) in [5, 5.41) is 0. The topological polar surface area (TPSA) is 0 Å². The van der Waals surface area contributed by atoms with Gasteiger partial charge in [0.1, 0.15) is 0 Å². The van der Waals surface area contributed by atoms with E-state index in [2.05, 4.69) is 20.8 Å². The second-order valence-electron chi connectivity index (χ2n) is 1.51. The zero-order chi connectivity index (χ0) is 4.28. The Balaban J connectivity index is 0. The van der Waals surface area contributed by atoms with Gasteiger partial charge in [0.2, 0.25) is 0 Å². The summed E-state index contributed by atoms with van der Waals surface area (Å²) in [5.41, 5.74) is 0. The van der Waals surface area contributed by atoms with Crippen LogP contribution in [-0.4, -0.2) is 0 Å². The van der Waals surface area contributed by atoms with Gasteiger partial charge in [0, 0.05) is 0 Å². The maximum Gasteiger partial charge on any atom is 0 e. The van der Waals surface area contributed by atoms with Crippen LogP contribution < -0.4 is 0 Å². The van der Waals surface area contributed by atoms with E-state index in [4.69, 9.17) is 0 Å². The van der Waals surface area contributed by atoms with Gasteiger partial charge in [-0.1, -0.05) is 20.3 Å². The van der Waals surface area contributed by atoms with Crippen molar-refractivity contribution in [1.29, 1.82) is 0 Å². The zero-order valence-electron chi connectivity index (χ0n) is 4.70. The molecule has 0 N–H and O–H groups in total. The van der Waals surface area contributed by atoms with E-state index in [-0.39, 0.29) is 0 Å². The standard InChI is InChI=1S/C5H11.Rf/c1-4-5(2)3;/h5H,2,4H2,1,3H3;/q-1;. The van der Waals surface area contributed by atoms with Gasteiger partial charge < -0.3 is 6.92 Å². The molecular weight excluding hydrogens is 327 g/mol. The van der Waals surface area contributed by atoms with Crippen LogP contribution >= 0.6 is 0 Å². The van der Waals surface area contributed by atoms with Crippen LogP contribution in [0, 0.1) is 12.8 Å². The van der Waals surface area contributed by atoms with Crippen molar-refractivity contribution in [2.24, 2.45) is 5.92 Å². The maximum atomic E-state index is 3.76. The van der Waals surface area contributed by atoms with Gasteiger partial charge in [0.05, 0.1) is 0 Å². The zero-order valence-corrected chi connectivity index (χ0v) is 11.1. The second kappa shape index (κ2) is 4.00.